The van der Waals surface area contributed by atoms with Gasteiger partial charge in [-0.15, -0.1) is 0 Å². The fourth-order valence-corrected chi connectivity index (χ4v) is 1.90. The topological polar surface area (TPSA) is 60.0 Å². The van der Waals surface area contributed by atoms with Crippen molar-refractivity contribution in [3.63, 3.8) is 0 Å². The van der Waals surface area contributed by atoms with Gasteiger partial charge in [0.25, 0.3) is 5.56 Å². The van der Waals surface area contributed by atoms with Crippen LogP contribution in [0.25, 0.3) is 0 Å². The summed E-state index contributed by atoms with van der Waals surface area (Å²) in [5.41, 5.74) is 5.86. The molecular formula is C10H15N3O. The molecule has 0 aliphatic carbocycles. The summed E-state index contributed by atoms with van der Waals surface area (Å²) in [7, 11) is 0. The van der Waals surface area contributed by atoms with E-state index in [4.69, 9.17) is 5.73 Å². The van der Waals surface area contributed by atoms with Crippen LogP contribution in [0.5, 0.6) is 0 Å². The summed E-state index contributed by atoms with van der Waals surface area (Å²) < 4.78 is 1.76. The van der Waals surface area contributed by atoms with Crippen molar-refractivity contribution in [2.24, 2.45) is 0 Å². The second-order valence-corrected chi connectivity index (χ2v) is 3.66. The predicted molar refractivity (Wildman–Crippen MR) is 56.3 cm³/mol. The van der Waals surface area contributed by atoms with Crippen LogP contribution in [0, 0.1) is 0 Å². The lowest BCUT2D eigenvalue weighted by molar-refractivity contribution is 0.361. The van der Waals surface area contributed by atoms with Gasteiger partial charge in [-0.25, -0.2) is 0 Å². The average Bonchev–Trinajstić information content (AvgIpc) is 2.23. The number of aromatic nitrogens is 1. The molecule has 1 fully saturated rings. The summed E-state index contributed by atoms with van der Waals surface area (Å²) in [6.07, 6.45) is 3.83. The Morgan fingerprint density at radius 2 is 2.14 bits per heavy atom. The van der Waals surface area contributed by atoms with E-state index in [9.17, 15) is 4.79 Å². The first-order chi connectivity index (χ1) is 6.79. The van der Waals surface area contributed by atoms with Crippen molar-refractivity contribution < 1.29 is 0 Å². The van der Waals surface area contributed by atoms with Gasteiger partial charge in [-0.2, -0.15) is 0 Å². The van der Waals surface area contributed by atoms with E-state index in [1.165, 1.54) is 0 Å². The third-order valence-electron chi connectivity index (χ3n) is 2.71. The minimum Gasteiger partial charge on any atom is -0.394 e. The minimum absolute atomic E-state index is 0.0561. The van der Waals surface area contributed by atoms with Crippen molar-refractivity contribution in [2.45, 2.75) is 18.9 Å². The lowest BCUT2D eigenvalue weighted by atomic mass is 10.1. The van der Waals surface area contributed by atoms with Crippen molar-refractivity contribution in [2.75, 3.05) is 18.8 Å². The Bertz CT molecular complexity index is 366. The number of nitrogens with zero attached hydrogens (tertiary/aromatic N) is 1. The van der Waals surface area contributed by atoms with E-state index in [-0.39, 0.29) is 5.56 Å². The normalized spacial score (nSPS) is 18.3. The Labute approximate surface area is 82.7 Å². The zero-order chi connectivity index (χ0) is 9.97. The quantitative estimate of drug-likeness (QED) is 0.676. The molecule has 0 atom stereocenters. The van der Waals surface area contributed by atoms with Gasteiger partial charge in [0.05, 0.1) is 5.69 Å². The van der Waals surface area contributed by atoms with Gasteiger partial charge in [0.1, 0.15) is 0 Å². The molecule has 2 rings (SSSR count). The van der Waals surface area contributed by atoms with Gasteiger partial charge in [0, 0.05) is 12.2 Å². The van der Waals surface area contributed by atoms with Crippen LogP contribution in [0.2, 0.25) is 0 Å². The van der Waals surface area contributed by atoms with Gasteiger partial charge >= 0.3 is 0 Å². The van der Waals surface area contributed by atoms with E-state index in [1.807, 2.05) is 12.3 Å². The lowest BCUT2D eigenvalue weighted by Gasteiger charge is -2.24. The molecule has 0 spiro atoms. The Morgan fingerprint density at radius 3 is 2.86 bits per heavy atom. The van der Waals surface area contributed by atoms with E-state index in [0.717, 1.165) is 25.9 Å². The van der Waals surface area contributed by atoms with Crippen molar-refractivity contribution in [1.29, 1.82) is 0 Å². The molecule has 1 aliphatic heterocycles. The second-order valence-electron chi connectivity index (χ2n) is 3.66. The van der Waals surface area contributed by atoms with Crippen LogP contribution in [0.1, 0.15) is 18.9 Å². The van der Waals surface area contributed by atoms with Gasteiger partial charge in [-0.1, -0.05) is 0 Å². The molecule has 14 heavy (non-hydrogen) atoms. The molecule has 0 saturated carbocycles. The Hall–Kier alpha value is -1.29. The third kappa shape index (κ3) is 1.65. The zero-order valence-electron chi connectivity index (χ0n) is 8.07. The van der Waals surface area contributed by atoms with Crippen molar-refractivity contribution in [3.05, 3.63) is 28.7 Å². The largest absolute Gasteiger partial charge is 0.394 e. The molecule has 2 heterocycles. The van der Waals surface area contributed by atoms with Crippen LogP contribution < -0.4 is 16.6 Å². The van der Waals surface area contributed by atoms with Gasteiger partial charge < -0.3 is 15.6 Å². The first-order valence-corrected chi connectivity index (χ1v) is 4.96. The Kier molecular flexibility index (Phi) is 2.54. The maximum Gasteiger partial charge on any atom is 0.273 e. The van der Waals surface area contributed by atoms with Crippen molar-refractivity contribution >= 4 is 5.69 Å². The summed E-state index contributed by atoms with van der Waals surface area (Å²) in [6.45, 7) is 1.96. The number of nitrogens with two attached hydrogens (primary N) is 1. The van der Waals surface area contributed by atoms with E-state index >= 15 is 0 Å². The van der Waals surface area contributed by atoms with Gasteiger partial charge in [-0.05, 0) is 38.1 Å². The standard InChI is InChI=1S/C10H15N3O/c11-9-2-1-7-13(10(9)14)8-3-5-12-6-4-8/h1-2,7-8,12H,3-6,11H2. The molecule has 1 aromatic rings. The van der Waals surface area contributed by atoms with Crippen LogP contribution in [-0.4, -0.2) is 17.7 Å². The molecule has 0 amide bonds. The number of nitrogens with one attached hydrogen (secondary N) is 1. The highest BCUT2D eigenvalue weighted by Gasteiger charge is 2.15. The van der Waals surface area contributed by atoms with E-state index in [0.29, 0.717) is 11.7 Å². The minimum atomic E-state index is -0.0561. The number of pyridine rings is 1. The van der Waals surface area contributed by atoms with Gasteiger partial charge in [0.15, 0.2) is 0 Å². The van der Waals surface area contributed by atoms with Crippen LogP contribution in [0.15, 0.2) is 23.1 Å². The fraction of sp³-hybridized carbons (Fsp3) is 0.500. The van der Waals surface area contributed by atoms with Crippen LogP contribution >= 0.6 is 0 Å². The fourth-order valence-electron chi connectivity index (χ4n) is 1.90. The molecule has 0 aromatic carbocycles. The molecule has 0 radical (unpaired) electrons. The number of hydrogen-bond acceptors (Lipinski definition) is 3. The molecule has 3 N–H and O–H groups in total. The van der Waals surface area contributed by atoms with Crippen LogP contribution in [-0.2, 0) is 0 Å². The number of rotatable bonds is 1. The summed E-state index contributed by atoms with van der Waals surface area (Å²) >= 11 is 0. The monoisotopic (exact) mass is 193 g/mol. The second kappa shape index (κ2) is 3.84. The molecule has 1 saturated heterocycles. The lowest BCUT2D eigenvalue weighted by Crippen LogP contribution is -2.34. The van der Waals surface area contributed by atoms with Crippen molar-refractivity contribution in [1.82, 2.24) is 9.88 Å². The Morgan fingerprint density at radius 1 is 1.43 bits per heavy atom. The summed E-state index contributed by atoms with van der Waals surface area (Å²) in [5.74, 6) is 0. The molecule has 1 aliphatic rings. The summed E-state index contributed by atoms with van der Waals surface area (Å²) in [6, 6.07) is 3.80. The number of piperidine rings is 1. The highest BCUT2D eigenvalue weighted by atomic mass is 16.1. The molecular weight excluding hydrogens is 178 g/mol. The molecule has 0 bridgehead atoms. The maximum absolute atomic E-state index is 11.7. The molecule has 4 heteroatoms. The molecule has 1 aromatic heterocycles. The predicted octanol–water partition coefficient (Wildman–Crippen LogP) is 0.355. The number of hydrogen-bond donors (Lipinski definition) is 2. The molecule has 4 nitrogen and oxygen atoms in total. The smallest absolute Gasteiger partial charge is 0.273 e. The molecule has 0 unspecified atom stereocenters. The average molecular weight is 193 g/mol. The number of nitrogen functional groups attached to an aromatic ring is 1. The molecule has 76 valence electrons. The summed E-state index contributed by atoms with van der Waals surface area (Å²) in [4.78, 5) is 11.7. The van der Waals surface area contributed by atoms with Gasteiger partial charge in [0.2, 0.25) is 0 Å². The summed E-state index contributed by atoms with van der Waals surface area (Å²) in [5, 5.41) is 3.27. The highest BCUT2D eigenvalue weighted by molar-refractivity contribution is 5.33. The van der Waals surface area contributed by atoms with Crippen LogP contribution in [0.3, 0.4) is 0 Å². The van der Waals surface area contributed by atoms with E-state index in [1.54, 1.807) is 10.6 Å². The van der Waals surface area contributed by atoms with Crippen LogP contribution in [0.4, 0.5) is 5.69 Å². The van der Waals surface area contributed by atoms with Crippen molar-refractivity contribution in [3.8, 4) is 0 Å². The van der Waals surface area contributed by atoms with E-state index < -0.39 is 0 Å². The SMILES string of the molecule is Nc1cccn(C2CCNCC2)c1=O. The maximum atomic E-state index is 11.7. The Balaban J connectivity index is 2.31. The van der Waals surface area contributed by atoms with Gasteiger partial charge in [-0.3, -0.25) is 4.79 Å². The first kappa shape index (κ1) is 9.27. The van der Waals surface area contributed by atoms with E-state index in [2.05, 4.69) is 5.32 Å². The zero-order valence-corrected chi connectivity index (χ0v) is 8.07. The third-order valence-corrected chi connectivity index (χ3v) is 2.71. The highest BCUT2D eigenvalue weighted by Crippen LogP contribution is 2.16. The number of anilines is 1. The first-order valence-electron chi connectivity index (χ1n) is 4.96.